The number of amides is 1. The third-order valence-electron chi connectivity index (χ3n) is 6.17. The zero-order chi connectivity index (χ0) is 27.1. The molecule has 1 fully saturated rings. The molecule has 0 radical (unpaired) electrons. The molecule has 0 saturated carbocycles. The molecular weight excluding hydrogens is 533 g/mol. The van der Waals surface area contributed by atoms with Gasteiger partial charge in [0, 0.05) is 0 Å². The standard InChI is InChI=1S/C25H20FN5O5S2/c26-17-4-3-5-18(12-17)37(33,34)30-22(25-28-20-6-1-2-7-21(20)29-25)11-15-8-9-19(16(10-15)14-27)23-13-24(32)31-38(23,35)36/h1-10,12,22-23,30H,11,13H2,(H,28,29)(H,31,32)/t22-,23?/m0/s1. The van der Waals surface area contributed by atoms with E-state index in [1.165, 1.54) is 24.3 Å². The van der Waals surface area contributed by atoms with Gasteiger partial charge in [0.1, 0.15) is 16.9 Å². The van der Waals surface area contributed by atoms with Gasteiger partial charge in [-0.15, -0.1) is 0 Å². The van der Waals surface area contributed by atoms with Crippen LogP contribution in [0.5, 0.6) is 0 Å². The Labute approximate surface area is 217 Å². The normalized spacial score (nSPS) is 17.7. The lowest BCUT2D eigenvalue weighted by atomic mass is 9.97. The van der Waals surface area contributed by atoms with Gasteiger partial charge in [-0.2, -0.15) is 5.26 Å². The van der Waals surface area contributed by atoms with Crippen molar-refractivity contribution in [2.75, 3.05) is 0 Å². The van der Waals surface area contributed by atoms with Crippen LogP contribution in [0.25, 0.3) is 11.0 Å². The predicted octanol–water partition coefficient (Wildman–Crippen LogP) is 2.73. The van der Waals surface area contributed by atoms with E-state index in [1.807, 2.05) is 10.8 Å². The van der Waals surface area contributed by atoms with E-state index in [0.29, 0.717) is 22.4 Å². The first kappa shape index (κ1) is 25.5. The van der Waals surface area contributed by atoms with Crippen LogP contribution in [-0.2, 0) is 31.3 Å². The van der Waals surface area contributed by atoms with Gasteiger partial charge in [0.15, 0.2) is 0 Å². The number of fused-ring (bicyclic) bond motifs is 1. The lowest BCUT2D eigenvalue weighted by molar-refractivity contribution is -0.118. The average Bonchev–Trinajstić information content (AvgIpc) is 3.42. The van der Waals surface area contributed by atoms with Gasteiger partial charge in [-0.25, -0.2) is 30.9 Å². The Morgan fingerprint density at radius 3 is 2.61 bits per heavy atom. The van der Waals surface area contributed by atoms with E-state index in [2.05, 4.69) is 14.7 Å². The summed E-state index contributed by atoms with van der Waals surface area (Å²) in [6.07, 6.45) is -0.274. The minimum Gasteiger partial charge on any atom is -0.341 e. The SMILES string of the molecule is N#Cc1cc(C[C@H](NS(=O)(=O)c2cccc(F)c2)c2nc3ccccc3[nH]2)ccc1C1CC(=O)NS1(=O)=O. The summed E-state index contributed by atoms with van der Waals surface area (Å²) in [5, 5.41) is 8.53. The van der Waals surface area contributed by atoms with Crippen molar-refractivity contribution in [1.29, 1.82) is 5.26 Å². The highest BCUT2D eigenvalue weighted by molar-refractivity contribution is 7.90. The van der Waals surface area contributed by atoms with Crippen molar-refractivity contribution in [2.24, 2.45) is 0 Å². The first-order valence-electron chi connectivity index (χ1n) is 11.4. The molecule has 0 spiro atoms. The number of rotatable bonds is 7. The number of nitriles is 1. The van der Waals surface area contributed by atoms with Crippen LogP contribution in [0.4, 0.5) is 4.39 Å². The Hall–Kier alpha value is -4.12. The highest BCUT2D eigenvalue weighted by Crippen LogP contribution is 2.33. The van der Waals surface area contributed by atoms with Crippen molar-refractivity contribution >= 4 is 37.0 Å². The van der Waals surface area contributed by atoms with E-state index in [-0.39, 0.29) is 28.9 Å². The lowest BCUT2D eigenvalue weighted by Crippen LogP contribution is -2.31. The Balaban J connectivity index is 1.52. The summed E-state index contributed by atoms with van der Waals surface area (Å²) in [6, 6.07) is 17.2. The summed E-state index contributed by atoms with van der Waals surface area (Å²) in [5.41, 5.74) is 2.01. The molecule has 2 atom stereocenters. The molecular formula is C25H20FN5O5S2. The molecule has 10 nitrogen and oxygen atoms in total. The van der Waals surface area contributed by atoms with Crippen LogP contribution in [0.15, 0.2) is 71.6 Å². The van der Waals surface area contributed by atoms with Gasteiger partial charge < -0.3 is 4.98 Å². The van der Waals surface area contributed by atoms with Gasteiger partial charge in [0.25, 0.3) is 0 Å². The summed E-state index contributed by atoms with van der Waals surface area (Å²) >= 11 is 0. The molecule has 38 heavy (non-hydrogen) atoms. The number of hydrogen-bond donors (Lipinski definition) is 3. The molecule has 194 valence electrons. The molecule has 1 saturated heterocycles. The van der Waals surface area contributed by atoms with E-state index >= 15 is 0 Å². The maximum atomic E-state index is 13.8. The maximum absolute atomic E-state index is 13.8. The van der Waals surface area contributed by atoms with E-state index in [1.54, 1.807) is 30.3 Å². The predicted molar refractivity (Wildman–Crippen MR) is 135 cm³/mol. The Morgan fingerprint density at radius 1 is 1.13 bits per heavy atom. The third kappa shape index (κ3) is 5.01. The number of aromatic nitrogens is 2. The van der Waals surface area contributed by atoms with Gasteiger partial charge in [-0.1, -0.05) is 30.3 Å². The number of hydrogen-bond acceptors (Lipinski definition) is 7. The fraction of sp³-hybridized carbons (Fsp3) is 0.160. The average molecular weight is 554 g/mol. The molecule has 2 heterocycles. The van der Waals surface area contributed by atoms with Crippen LogP contribution >= 0.6 is 0 Å². The van der Waals surface area contributed by atoms with Crippen LogP contribution in [0.3, 0.4) is 0 Å². The monoisotopic (exact) mass is 553 g/mol. The van der Waals surface area contributed by atoms with Crippen molar-refractivity contribution in [3.63, 3.8) is 0 Å². The summed E-state index contributed by atoms with van der Waals surface area (Å²) in [6.45, 7) is 0. The van der Waals surface area contributed by atoms with Gasteiger partial charge in [0.2, 0.25) is 26.0 Å². The first-order chi connectivity index (χ1) is 18.1. The van der Waals surface area contributed by atoms with Crippen LogP contribution in [-0.4, -0.2) is 32.7 Å². The topological polar surface area (TPSA) is 162 Å². The number of carbonyl (C=O) groups is 1. The largest absolute Gasteiger partial charge is 0.341 e. The van der Waals surface area contributed by atoms with Crippen LogP contribution in [0.2, 0.25) is 0 Å². The number of nitrogens with zero attached hydrogens (tertiary/aromatic N) is 2. The Morgan fingerprint density at radius 2 is 1.92 bits per heavy atom. The van der Waals surface area contributed by atoms with Crippen LogP contribution in [0, 0.1) is 17.1 Å². The van der Waals surface area contributed by atoms with Crippen LogP contribution < -0.4 is 9.44 Å². The number of carbonyl (C=O) groups excluding carboxylic acids is 1. The van der Waals surface area contributed by atoms with Gasteiger partial charge in [0.05, 0.1) is 40.0 Å². The number of halogens is 1. The lowest BCUT2D eigenvalue weighted by Gasteiger charge is -2.18. The smallest absolute Gasteiger partial charge is 0.242 e. The summed E-state index contributed by atoms with van der Waals surface area (Å²) in [5.74, 6) is -1.07. The number of aromatic amines is 1. The van der Waals surface area contributed by atoms with Crippen molar-refractivity contribution in [1.82, 2.24) is 19.4 Å². The summed E-state index contributed by atoms with van der Waals surface area (Å²) < 4.78 is 69.2. The number of H-pyrrole nitrogens is 1. The summed E-state index contributed by atoms with van der Waals surface area (Å²) in [7, 11) is -8.15. The zero-order valence-electron chi connectivity index (χ0n) is 19.5. The third-order valence-corrected chi connectivity index (χ3v) is 9.32. The molecule has 1 unspecified atom stereocenters. The number of para-hydroxylation sites is 2. The van der Waals surface area contributed by atoms with E-state index in [0.717, 1.165) is 12.1 Å². The second-order valence-corrected chi connectivity index (χ2v) is 12.3. The minimum absolute atomic E-state index is 0.0257. The van der Waals surface area contributed by atoms with Crippen molar-refractivity contribution in [2.45, 2.75) is 29.0 Å². The zero-order valence-corrected chi connectivity index (χ0v) is 21.2. The molecule has 5 rings (SSSR count). The molecule has 1 aromatic heterocycles. The molecule has 0 bridgehead atoms. The fourth-order valence-corrected chi connectivity index (χ4v) is 7.08. The van der Waals surface area contributed by atoms with Gasteiger partial charge in [-0.05, 0) is 53.9 Å². The number of sulfonamides is 2. The number of imidazole rings is 1. The highest BCUT2D eigenvalue weighted by Gasteiger charge is 2.39. The fourth-order valence-electron chi connectivity index (χ4n) is 4.39. The molecule has 1 amide bonds. The van der Waals surface area contributed by atoms with E-state index < -0.39 is 43.1 Å². The molecule has 4 aromatic rings. The molecule has 1 aliphatic heterocycles. The maximum Gasteiger partial charge on any atom is 0.242 e. The second kappa shape index (κ2) is 9.64. The molecule has 3 aromatic carbocycles. The Kier molecular flexibility index (Phi) is 6.47. The second-order valence-electron chi connectivity index (χ2n) is 8.77. The van der Waals surface area contributed by atoms with E-state index in [9.17, 15) is 31.3 Å². The Bertz CT molecular complexity index is 1800. The first-order valence-corrected chi connectivity index (χ1v) is 14.4. The highest BCUT2D eigenvalue weighted by atomic mass is 32.2. The molecule has 0 aliphatic carbocycles. The summed E-state index contributed by atoms with van der Waals surface area (Å²) in [4.78, 5) is 19.0. The van der Waals surface area contributed by atoms with Gasteiger partial charge >= 0.3 is 0 Å². The molecule has 1 aliphatic rings. The molecule has 13 heteroatoms. The number of benzene rings is 3. The number of nitrogens with one attached hydrogen (secondary N) is 3. The van der Waals surface area contributed by atoms with Crippen molar-refractivity contribution in [3.8, 4) is 6.07 Å². The van der Waals surface area contributed by atoms with Gasteiger partial charge in [-0.3, -0.25) is 9.52 Å². The van der Waals surface area contributed by atoms with Crippen LogP contribution in [0.1, 0.15) is 40.2 Å². The molecule has 3 N–H and O–H groups in total. The van der Waals surface area contributed by atoms with Crippen molar-refractivity contribution < 1.29 is 26.0 Å². The van der Waals surface area contributed by atoms with Crippen molar-refractivity contribution in [3.05, 3.63) is 95.1 Å². The minimum atomic E-state index is -4.19. The van der Waals surface area contributed by atoms with E-state index in [4.69, 9.17) is 0 Å². The quantitative estimate of drug-likeness (QED) is 0.317.